The lowest BCUT2D eigenvalue weighted by Gasteiger charge is -2.12. The van der Waals surface area contributed by atoms with Crippen LogP contribution in [-0.4, -0.2) is 10.1 Å². The fourth-order valence-corrected chi connectivity index (χ4v) is 1.95. The molecule has 0 radical (unpaired) electrons. The number of benzene rings is 1. The monoisotopic (exact) mass is 225 g/mol. The number of nitrogens with zero attached hydrogens (tertiary/aromatic N) is 1. The number of terminal acetylenes is 1. The molecule has 0 fully saturated rings. The second-order valence-electron chi connectivity index (χ2n) is 4.03. The SMILES string of the molecule is C#CCCCC(O)c1cccc2cccnc12. The van der Waals surface area contributed by atoms with Gasteiger partial charge in [0.25, 0.3) is 0 Å². The Morgan fingerprint density at radius 1 is 1.29 bits per heavy atom. The molecule has 86 valence electrons. The molecule has 0 aliphatic rings. The molecule has 2 rings (SSSR count). The summed E-state index contributed by atoms with van der Waals surface area (Å²) >= 11 is 0. The zero-order valence-electron chi connectivity index (χ0n) is 9.63. The third-order valence-corrected chi connectivity index (χ3v) is 2.82. The number of fused-ring (bicyclic) bond motifs is 1. The first-order chi connectivity index (χ1) is 8.33. The molecule has 2 aromatic rings. The fraction of sp³-hybridized carbons (Fsp3) is 0.267. The second kappa shape index (κ2) is 5.47. The molecule has 17 heavy (non-hydrogen) atoms. The van der Waals surface area contributed by atoms with Gasteiger partial charge in [0.2, 0.25) is 0 Å². The Balaban J connectivity index is 2.26. The first kappa shape index (κ1) is 11.6. The number of rotatable bonds is 4. The average Bonchev–Trinajstić information content (AvgIpc) is 2.38. The maximum Gasteiger partial charge on any atom is 0.0811 e. The molecule has 2 nitrogen and oxygen atoms in total. The van der Waals surface area contributed by atoms with Gasteiger partial charge in [0.15, 0.2) is 0 Å². The summed E-state index contributed by atoms with van der Waals surface area (Å²) in [5, 5.41) is 11.2. The Kier molecular flexibility index (Phi) is 3.74. The second-order valence-corrected chi connectivity index (χ2v) is 4.03. The smallest absolute Gasteiger partial charge is 0.0811 e. The van der Waals surface area contributed by atoms with Crippen LogP contribution in [0.3, 0.4) is 0 Å². The fourth-order valence-electron chi connectivity index (χ4n) is 1.95. The molecular formula is C15H15NO. The molecule has 1 N–H and O–H groups in total. The van der Waals surface area contributed by atoms with E-state index in [1.807, 2.05) is 30.3 Å². The molecule has 0 saturated carbocycles. The van der Waals surface area contributed by atoms with E-state index in [1.165, 1.54) is 0 Å². The number of aliphatic hydroxyl groups excluding tert-OH is 1. The molecule has 2 heteroatoms. The van der Waals surface area contributed by atoms with Crippen molar-refractivity contribution < 1.29 is 5.11 Å². The van der Waals surface area contributed by atoms with Crippen molar-refractivity contribution in [2.75, 3.05) is 0 Å². The van der Waals surface area contributed by atoms with E-state index < -0.39 is 6.10 Å². The molecule has 1 heterocycles. The van der Waals surface area contributed by atoms with Gasteiger partial charge in [0.05, 0.1) is 11.6 Å². The minimum Gasteiger partial charge on any atom is -0.388 e. The van der Waals surface area contributed by atoms with Crippen LogP contribution in [0.25, 0.3) is 10.9 Å². The number of unbranched alkanes of at least 4 members (excludes halogenated alkanes) is 1. The van der Waals surface area contributed by atoms with Crippen LogP contribution in [0.5, 0.6) is 0 Å². The minimum absolute atomic E-state index is 0.484. The normalized spacial score (nSPS) is 12.2. The van der Waals surface area contributed by atoms with E-state index in [-0.39, 0.29) is 0 Å². The van der Waals surface area contributed by atoms with Crippen molar-refractivity contribution >= 4 is 10.9 Å². The molecule has 1 aromatic carbocycles. The van der Waals surface area contributed by atoms with E-state index in [9.17, 15) is 5.11 Å². The molecular weight excluding hydrogens is 210 g/mol. The van der Waals surface area contributed by atoms with Crippen LogP contribution in [0.15, 0.2) is 36.5 Å². The van der Waals surface area contributed by atoms with E-state index in [4.69, 9.17) is 6.42 Å². The van der Waals surface area contributed by atoms with Gasteiger partial charge in [-0.3, -0.25) is 4.98 Å². The molecule has 0 saturated heterocycles. The van der Waals surface area contributed by atoms with Gasteiger partial charge in [0, 0.05) is 23.6 Å². The number of hydrogen-bond donors (Lipinski definition) is 1. The minimum atomic E-state index is -0.484. The van der Waals surface area contributed by atoms with Crippen LogP contribution < -0.4 is 0 Å². The van der Waals surface area contributed by atoms with Gasteiger partial charge in [-0.25, -0.2) is 0 Å². The number of aromatic nitrogens is 1. The van der Waals surface area contributed by atoms with Crippen LogP contribution >= 0.6 is 0 Å². The third kappa shape index (κ3) is 2.64. The molecule has 0 spiro atoms. The predicted molar refractivity (Wildman–Crippen MR) is 69.4 cm³/mol. The highest BCUT2D eigenvalue weighted by Gasteiger charge is 2.11. The standard InChI is InChI=1S/C15H15NO/c1-2-3-4-10-14(17)13-9-5-7-12-8-6-11-16-15(12)13/h1,5-9,11,14,17H,3-4,10H2. The van der Waals surface area contributed by atoms with Crippen molar-refractivity contribution in [3.8, 4) is 12.3 Å². The van der Waals surface area contributed by atoms with Crippen molar-refractivity contribution in [3.05, 3.63) is 42.1 Å². The molecule has 0 bridgehead atoms. The Morgan fingerprint density at radius 2 is 2.12 bits per heavy atom. The van der Waals surface area contributed by atoms with Gasteiger partial charge in [0.1, 0.15) is 0 Å². The number of para-hydroxylation sites is 1. The summed E-state index contributed by atoms with van der Waals surface area (Å²) in [7, 11) is 0. The largest absolute Gasteiger partial charge is 0.388 e. The summed E-state index contributed by atoms with van der Waals surface area (Å²) in [6.07, 6.45) is 8.68. The molecule has 0 aliphatic carbocycles. The highest BCUT2D eigenvalue weighted by molar-refractivity contribution is 5.81. The van der Waals surface area contributed by atoms with Crippen LogP contribution in [-0.2, 0) is 0 Å². The van der Waals surface area contributed by atoms with Crippen molar-refractivity contribution in [2.24, 2.45) is 0 Å². The maximum absolute atomic E-state index is 10.1. The van der Waals surface area contributed by atoms with E-state index in [2.05, 4.69) is 10.9 Å². The van der Waals surface area contributed by atoms with Gasteiger partial charge < -0.3 is 5.11 Å². The summed E-state index contributed by atoms with van der Waals surface area (Å²) in [5.41, 5.74) is 1.77. The van der Waals surface area contributed by atoms with E-state index >= 15 is 0 Å². The van der Waals surface area contributed by atoms with Crippen molar-refractivity contribution in [3.63, 3.8) is 0 Å². The highest BCUT2D eigenvalue weighted by atomic mass is 16.3. The highest BCUT2D eigenvalue weighted by Crippen LogP contribution is 2.25. The summed E-state index contributed by atoms with van der Waals surface area (Å²) in [4.78, 5) is 4.33. The lowest BCUT2D eigenvalue weighted by atomic mass is 10.0. The molecule has 1 unspecified atom stereocenters. The zero-order chi connectivity index (χ0) is 12.1. The quantitative estimate of drug-likeness (QED) is 0.640. The Bertz CT molecular complexity index is 537. The van der Waals surface area contributed by atoms with Gasteiger partial charge in [-0.2, -0.15) is 0 Å². The third-order valence-electron chi connectivity index (χ3n) is 2.82. The van der Waals surface area contributed by atoms with Crippen LogP contribution in [0.1, 0.15) is 30.9 Å². The number of hydrogen-bond acceptors (Lipinski definition) is 2. The van der Waals surface area contributed by atoms with Gasteiger partial charge in [-0.05, 0) is 18.9 Å². The zero-order valence-corrected chi connectivity index (χ0v) is 9.63. The maximum atomic E-state index is 10.1. The van der Waals surface area contributed by atoms with Crippen LogP contribution in [0.2, 0.25) is 0 Å². The van der Waals surface area contributed by atoms with E-state index in [0.717, 1.165) is 22.9 Å². The summed E-state index contributed by atoms with van der Waals surface area (Å²) in [6.45, 7) is 0. The van der Waals surface area contributed by atoms with E-state index in [0.29, 0.717) is 12.8 Å². The number of pyridine rings is 1. The first-order valence-corrected chi connectivity index (χ1v) is 5.78. The average molecular weight is 225 g/mol. The van der Waals surface area contributed by atoms with Gasteiger partial charge in [-0.15, -0.1) is 12.3 Å². The van der Waals surface area contributed by atoms with Gasteiger partial charge >= 0.3 is 0 Å². The summed E-state index contributed by atoms with van der Waals surface area (Å²) in [5.74, 6) is 2.58. The molecule has 0 aliphatic heterocycles. The summed E-state index contributed by atoms with van der Waals surface area (Å²) < 4.78 is 0. The molecule has 1 aromatic heterocycles. The Morgan fingerprint density at radius 3 is 2.94 bits per heavy atom. The van der Waals surface area contributed by atoms with Gasteiger partial charge in [-0.1, -0.05) is 24.3 Å². The number of aliphatic hydroxyl groups is 1. The van der Waals surface area contributed by atoms with Crippen molar-refractivity contribution in [1.82, 2.24) is 4.98 Å². The first-order valence-electron chi connectivity index (χ1n) is 5.78. The Labute approximate surface area is 101 Å². The van der Waals surface area contributed by atoms with Crippen LogP contribution in [0, 0.1) is 12.3 Å². The Hall–Kier alpha value is -1.85. The van der Waals surface area contributed by atoms with Crippen molar-refractivity contribution in [2.45, 2.75) is 25.4 Å². The topological polar surface area (TPSA) is 33.1 Å². The lowest BCUT2D eigenvalue weighted by molar-refractivity contribution is 0.166. The van der Waals surface area contributed by atoms with Crippen LogP contribution in [0.4, 0.5) is 0 Å². The van der Waals surface area contributed by atoms with E-state index in [1.54, 1.807) is 6.20 Å². The molecule has 0 amide bonds. The lowest BCUT2D eigenvalue weighted by Crippen LogP contribution is -1.99. The van der Waals surface area contributed by atoms with Crippen molar-refractivity contribution in [1.29, 1.82) is 0 Å². The predicted octanol–water partition coefficient (Wildman–Crippen LogP) is 3.07. The summed E-state index contributed by atoms with van der Waals surface area (Å²) in [6, 6.07) is 9.77. The molecule has 1 atom stereocenters.